The van der Waals surface area contributed by atoms with E-state index in [0.717, 1.165) is 34.7 Å². The highest BCUT2D eigenvalue weighted by atomic mass is 16.5. The zero-order valence-electron chi connectivity index (χ0n) is 11.8. The minimum absolute atomic E-state index is 0.394. The van der Waals surface area contributed by atoms with Crippen LogP contribution in [-0.4, -0.2) is 17.0 Å². The highest BCUT2D eigenvalue weighted by Crippen LogP contribution is 2.24. The van der Waals surface area contributed by atoms with Crippen LogP contribution in [-0.2, 0) is 6.54 Å². The number of hydrogen-bond acceptors (Lipinski definition) is 4. The third-order valence-corrected chi connectivity index (χ3v) is 2.97. The Morgan fingerprint density at radius 1 is 1.21 bits per heavy atom. The van der Waals surface area contributed by atoms with Crippen LogP contribution in [0.25, 0.3) is 0 Å². The molecule has 0 aliphatic heterocycles. The Bertz CT molecular complexity index is 582. The molecule has 1 heterocycles. The molecule has 4 nitrogen and oxygen atoms in total. The topological polar surface area (TPSA) is 47.0 Å². The highest BCUT2D eigenvalue weighted by Gasteiger charge is 2.07. The monoisotopic (exact) mass is 257 g/mol. The lowest BCUT2D eigenvalue weighted by Crippen LogP contribution is -2.08. The average molecular weight is 257 g/mol. The number of benzene rings is 1. The summed E-state index contributed by atoms with van der Waals surface area (Å²) in [7, 11) is 1.90. The molecular formula is C15H19N3O. The molecule has 4 heteroatoms. The molecule has 0 saturated carbocycles. The summed E-state index contributed by atoms with van der Waals surface area (Å²) in [5, 5.41) is 3.09. The van der Waals surface area contributed by atoms with Gasteiger partial charge in [0, 0.05) is 24.0 Å². The predicted molar refractivity (Wildman–Crippen MR) is 75.5 cm³/mol. The van der Waals surface area contributed by atoms with Crippen molar-refractivity contribution in [3.63, 3.8) is 0 Å². The fourth-order valence-corrected chi connectivity index (χ4v) is 1.80. The van der Waals surface area contributed by atoms with Gasteiger partial charge in [0.15, 0.2) is 0 Å². The first-order valence-corrected chi connectivity index (χ1v) is 6.32. The molecule has 0 amide bonds. The summed E-state index contributed by atoms with van der Waals surface area (Å²) in [4.78, 5) is 8.64. The summed E-state index contributed by atoms with van der Waals surface area (Å²) in [6.07, 6.45) is 1.80. The molecule has 0 atom stereocenters. The van der Waals surface area contributed by atoms with Gasteiger partial charge >= 0.3 is 6.01 Å². The second-order valence-electron chi connectivity index (χ2n) is 4.66. The first-order valence-electron chi connectivity index (χ1n) is 6.32. The smallest absolute Gasteiger partial charge is 0.322 e. The summed E-state index contributed by atoms with van der Waals surface area (Å²) >= 11 is 0. The SMILES string of the molecule is CNCc1cnc(Oc2cc(C)ccc2C)nc1C. The van der Waals surface area contributed by atoms with E-state index in [-0.39, 0.29) is 0 Å². The van der Waals surface area contributed by atoms with Gasteiger partial charge in [0.05, 0.1) is 0 Å². The summed E-state index contributed by atoms with van der Waals surface area (Å²) in [6, 6.07) is 6.48. The third-order valence-electron chi connectivity index (χ3n) is 2.97. The van der Waals surface area contributed by atoms with Crippen molar-refractivity contribution in [2.75, 3.05) is 7.05 Å². The molecule has 0 unspecified atom stereocenters. The van der Waals surface area contributed by atoms with Crippen molar-refractivity contribution in [3.05, 3.63) is 46.8 Å². The Morgan fingerprint density at radius 3 is 2.68 bits per heavy atom. The summed E-state index contributed by atoms with van der Waals surface area (Å²) in [5.41, 5.74) is 4.25. The van der Waals surface area contributed by atoms with Gasteiger partial charge in [-0.2, -0.15) is 4.98 Å². The maximum Gasteiger partial charge on any atom is 0.322 e. The number of aryl methyl sites for hydroxylation is 3. The average Bonchev–Trinajstić information content (AvgIpc) is 2.37. The largest absolute Gasteiger partial charge is 0.424 e. The molecule has 19 heavy (non-hydrogen) atoms. The molecule has 0 spiro atoms. The van der Waals surface area contributed by atoms with Crippen LogP contribution in [0.15, 0.2) is 24.4 Å². The number of hydrogen-bond donors (Lipinski definition) is 1. The van der Waals surface area contributed by atoms with Gasteiger partial charge in [0.25, 0.3) is 0 Å². The molecule has 1 N–H and O–H groups in total. The van der Waals surface area contributed by atoms with Gasteiger partial charge in [-0.25, -0.2) is 4.98 Å². The van der Waals surface area contributed by atoms with Crippen LogP contribution in [0.1, 0.15) is 22.4 Å². The van der Waals surface area contributed by atoms with Crippen molar-refractivity contribution in [1.29, 1.82) is 0 Å². The standard InChI is InChI=1S/C15H19N3O/c1-10-5-6-11(2)14(7-10)19-15-17-9-13(8-16-4)12(3)18-15/h5-7,9,16H,8H2,1-4H3. The molecule has 1 aromatic carbocycles. The molecule has 0 aliphatic carbocycles. The minimum atomic E-state index is 0.394. The number of nitrogens with one attached hydrogen (secondary N) is 1. The Labute approximate surface area is 113 Å². The van der Waals surface area contributed by atoms with E-state index in [1.54, 1.807) is 6.20 Å². The van der Waals surface area contributed by atoms with Gasteiger partial charge in [-0.1, -0.05) is 12.1 Å². The van der Waals surface area contributed by atoms with Gasteiger partial charge in [0.2, 0.25) is 0 Å². The van der Waals surface area contributed by atoms with E-state index in [1.807, 2.05) is 40.0 Å². The van der Waals surface area contributed by atoms with E-state index in [9.17, 15) is 0 Å². The molecular weight excluding hydrogens is 238 g/mol. The normalized spacial score (nSPS) is 10.5. The van der Waals surface area contributed by atoms with Crippen molar-refractivity contribution < 1.29 is 4.74 Å². The van der Waals surface area contributed by atoms with Crippen LogP contribution in [0.3, 0.4) is 0 Å². The molecule has 0 saturated heterocycles. The number of aromatic nitrogens is 2. The lowest BCUT2D eigenvalue weighted by molar-refractivity contribution is 0.436. The lowest BCUT2D eigenvalue weighted by atomic mass is 10.1. The third kappa shape index (κ3) is 3.29. The first-order chi connectivity index (χ1) is 9.10. The first kappa shape index (κ1) is 13.5. The quantitative estimate of drug-likeness (QED) is 0.914. The van der Waals surface area contributed by atoms with Crippen molar-refractivity contribution in [1.82, 2.24) is 15.3 Å². The van der Waals surface area contributed by atoms with E-state index in [0.29, 0.717) is 6.01 Å². The molecule has 0 fully saturated rings. The molecule has 0 radical (unpaired) electrons. The zero-order chi connectivity index (χ0) is 13.8. The fourth-order valence-electron chi connectivity index (χ4n) is 1.80. The second-order valence-corrected chi connectivity index (χ2v) is 4.66. The summed E-state index contributed by atoms with van der Waals surface area (Å²) in [5.74, 6) is 0.806. The molecule has 2 aromatic rings. The van der Waals surface area contributed by atoms with E-state index in [4.69, 9.17) is 4.74 Å². The van der Waals surface area contributed by atoms with Crippen LogP contribution >= 0.6 is 0 Å². The van der Waals surface area contributed by atoms with E-state index < -0.39 is 0 Å². The Hall–Kier alpha value is -1.94. The van der Waals surface area contributed by atoms with E-state index >= 15 is 0 Å². The molecule has 2 rings (SSSR count). The van der Waals surface area contributed by atoms with Gasteiger partial charge in [-0.15, -0.1) is 0 Å². The van der Waals surface area contributed by atoms with Crippen molar-refractivity contribution in [2.24, 2.45) is 0 Å². The van der Waals surface area contributed by atoms with E-state index in [1.165, 1.54) is 0 Å². The minimum Gasteiger partial charge on any atom is -0.424 e. The Morgan fingerprint density at radius 2 is 2.00 bits per heavy atom. The highest BCUT2D eigenvalue weighted by molar-refractivity contribution is 5.37. The Balaban J connectivity index is 2.24. The maximum absolute atomic E-state index is 5.76. The summed E-state index contributed by atoms with van der Waals surface area (Å²) < 4.78 is 5.76. The second kappa shape index (κ2) is 5.80. The number of nitrogens with zero attached hydrogens (tertiary/aromatic N) is 2. The number of ether oxygens (including phenoxy) is 1. The van der Waals surface area contributed by atoms with E-state index in [2.05, 4.69) is 21.4 Å². The molecule has 0 bridgehead atoms. The van der Waals surface area contributed by atoms with Crippen LogP contribution in [0.2, 0.25) is 0 Å². The van der Waals surface area contributed by atoms with Crippen molar-refractivity contribution >= 4 is 0 Å². The predicted octanol–water partition coefficient (Wildman–Crippen LogP) is 2.91. The van der Waals surface area contributed by atoms with Gasteiger partial charge in [0.1, 0.15) is 5.75 Å². The molecule has 0 aliphatic rings. The van der Waals surface area contributed by atoms with Crippen LogP contribution in [0, 0.1) is 20.8 Å². The van der Waals surface area contributed by atoms with Crippen molar-refractivity contribution in [2.45, 2.75) is 27.3 Å². The molecule has 100 valence electrons. The zero-order valence-corrected chi connectivity index (χ0v) is 11.8. The Kier molecular flexibility index (Phi) is 4.12. The summed E-state index contributed by atoms with van der Waals surface area (Å²) in [6.45, 7) is 6.77. The van der Waals surface area contributed by atoms with Crippen LogP contribution < -0.4 is 10.1 Å². The number of rotatable bonds is 4. The molecule has 1 aromatic heterocycles. The maximum atomic E-state index is 5.76. The van der Waals surface area contributed by atoms with Crippen LogP contribution in [0.4, 0.5) is 0 Å². The van der Waals surface area contributed by atoms with Crippen LogP contribution in [0.5, 0.6) is 11.8 Å². The van der Waals surface area contributed by atoms with Gasteiger partial charge < -0.3 is 10.1 Å². The van der Waals surface area contributed by atoms with Gasteiger partial charge in [-0.3, -0.25) is 0 Å². The van der Waals surface area contributed by atoms with Gasteiger partial charge in [-0.05, 0) is 45.0 Å². The fraction of sp³-hybridized carbons (Fsp3) is 0.333. The van der Waals surface area contributed by atoms with Crippen molar-refractivity contribution in [3.8, 4) is 11.8 Å². The lowest BCUT2D eigenvalue weighted by Gasteiger charge is -2.10.